The number of piperidine rings is 1. The van der Waals surface area contributed by atoms with Crippen LogP contribution in [-0.4, -0.2) is 38.5 Å². The molecule has 158 valence electrons. The van der Waals surface area contributed by atoms with Crippen LogP contribution in [0.3, 0.4) is 0 Å². The van der Waals surface area contributed by atoms with Crippen molar-refractivity contribution in [2.24, 2.45) is 0 Å². The number of aromatic nitrogens is 3. The highest BCUT2D eigenvalue weighted by Crippen LogP contribution is 2.35. The topological polar surface area (TPSA) is 50.5 Å². The number of amides is 1. The molecule has 1 aliphatic heterocycles. The molecule has 0 aromatic carbocycles. The fourth-order valence-corrected chi connectivity index (χ4v) is 5.71. The number of carbonyl (C=O) groups excluding carboxylic acids is 1. The van der Waals surface area contributed by atoms with E-state index in [1.807, 2.05) is 11.0 Å². The van der Waals surface area contributed by atoms with E-state index in [9.17, 15) is 18.0 Å². The van der Waals surface area contributed by atoms with Gasteiger partial charge in [-0.3, -0.25) is 4.79 Å². The molecule has 30 heavy (non-hydrogen) atoms. The lowest BCUT2D eigenvalue weighted by Crippen LogP contribution is -2.37. The lowest BCUT2D eigenvalue weighted by Gasteiger charge is -2.31. The maximum atomic E-state index is 13.6. The largest absolute Gasteiger partial charge is 0.433 e. The van der Waals surface area contributed by atoms with Gasteiger partial charge in [0.2, 0.25) is 0 Å². The zero-order valence-electron chi connectivity index (χ0n) is 16.5. The van der Waals surface area contributed by atoms with E-state index in [0.29, 0.717) is 37.3 Å². The summed E-state index contributed by atoms with van der Waals surface area (Å²) in [5.74, 6) is -0.0673. The first kappa shape index (κ1) is 19.5. The maximum absolute atomic E-state index is 13.6. The van der Waals surface area contributed by atoms with Crippen LogP contribution in [0.5, 0.6) is 0 Å². The van der Waals surface area contributed by atoms with Crippen molar-refractivity contribution in [1.29, 1.82) is 0 Å². The van der Waals surface area contributed by atoms with E-state index in [0.717, 1.165) is 34.7 Å². The zero-order chi connectivity index (χ0) is 21.0. The predicted molar refractivity (Wildman–Crippen MR) is 107 cm³/mol. The van der Waals surface area contributed by atoms with Crippen LogP contribution >= 0.6 is 11.3 Å². The number of thiophene rings is 1. The highest BCUT2D eigenvalue weighted by Gasteiger charge is 2.36. The fourth-order valence-electron chi connectivity index (χ4n) is 4.49. The summed E-state index contributed by atoms with van der Waals surface area (Å²) in [4.78, 5) is 21.3. The third-order valence-electron chi connectivity index (χ3n) is 6.02. The predicted octanol–water partition coefficient (Wildman–Crippen LogP) is 4.63. The highest BCUT2D eigenvalue weighted by atomic mass is 32.1. The number of aryl methyl sites for hydroxylation is 3. The van der Waals surface area contributed by atoms with Crippen molar-refractivity contribution in [2.45, 2.75) is 51.1 Å². The SMILES string of the molecule is Cc1cc2nc(C3CCN(C(=O)c4cc5c(s4)CCC5)CC3)cc(C(F)(F)F)n2n1. The number of hydrogen-bond acceptors (Lipinski definition) is 4. The van der Waals surface area contributed by atoms with E-state index in [2.05, 4.69) is 10.1 Å². The van der Waals surface area contributed by atoms with Gasteiger partial charge in [-0.05, 0) is 56.7 Å². The van der Waals surface area contributed by atoms with Crippen LogP contribution in [0.1, 0.15) is 62.4 Å². The number of halogens is 3. The minimum atomic E-state index is -4.51. The van der Waals surface area contributed by atoms with E-state index in [1.165, 1.54) is 10.4 Å². The van der Waals surface area contributed by atoms with E-state index in [4.69, 9.17) is 0 Å². The second-order valence-electron chi connectivity index (χ2n) is 8.10. The molecule has 0 spiro atoms. The lowest BCUT2D eigenvalue weighted by molar-refractivity contribution is -0.142. The normalized spacial score (nSPS) is 17.7. The summed E-state index contributed by atoms with van der Waals surface area (Å²) >= 11 is 1.59. The molecule has 0 N–H and O–H groups in total. The minimum absolute atomic E-state index is 0.0404. The van der Waals surface area contributed by atoms with Gasteiger partial charge in [-0.1, -0.05) is 0 Å². The summed E-state index contributed by atoms with van der Waals surface area (Å²) in [6.07, 6.45) is -0.0431. The van der Waals surface area contributed by atoms with E-state index in [1.54, 1.807) is 24.3 Å². The monoisotopic (exact) mass is 434 g/mol. The van der Waals surface area contributed by atoms with Crippen LogP contribution in [0.15, 0.2) is 18.2 Å². The number of nitrogens with zero attached hydrogens (tertiary/aromatic N) is 4. The van der Waals surface area contributed by atoms with Crippen molar-refractivity contribution in [1.82, 2.24) is 19.5 Å². The van der Waals surface area contributed by atoms with Gasteiger partial charge in [-0.15, -0.1) is 11.3 Å². The van der Waals surface area contributed by atoms with Gasteiger partial charge < -0.3 is 4.90 Å². The minimum Gasteiger partial charge on any atom is -0.338 e. The number of rotatable bonds is 2. The van der Waals surface area contributed by atoms with Crippen molar-refractivity contribution in [3.05, 3.63) is 50.6 Å². The summed E-state index contributed by atoms with van der Waals surface area (Å²) in [7, 11) is 0. The second-order valence-corrected chi connectivity index (χ2v) is 9.24. The van der Waals surface area contributed by atoms with Gasteiger partial charge in [-0.25, -0.2) is 9.50 Å². The molecule has 1 aliphatic carbocycles. The Labute approximate surface area is 175 Å². The number of likely N-dealkylation sites (tertiary alicyclic amines) is 1. The molecule has 0 saturated carbocycles. The van der Waals surface area contributed by atoms with Gasteiger partial charge in [0.25, 0.3) is 5.91 Å². The Kier molecular flexibility index (Phi) is 4.61. The van der Waals surface area contributed by atoms with Gasteiger partial charge in [0.15, 0.2) is 5.65 Å². The third-order valence-corrected chi connectivity index (χ3v) is 7.24. The van der Waals surface area contributed by atoms with Crippen LogP contribution in [-0.2, 0) is 19.0 Å². The number of carbonyl (C=O) groups is 1. The van der Waals surface area contributed by atoms with Crippen molar-refractivity contribution < 1.29 is 18.0 Å². The smallest absolute Gasteiger partial charge is 0.338 e. The number of alkyl halides is 3. The Morgan fingerprint density at radius 3 is 2.63 bits per heavy atom. The van der Waals surface area contributed by atoms with Crippen LogP contribution < -0.4 is 0 Å². The van der Waals surface area contributed by atoms with Gasteiger partial charge >= 0.3 is 6.18 Å². The Bertz CT molecular complexity index is 1100. The average Bonchev–Trinajstić information content (AvgIpc) is 3.39. The number of hydrogen-bond donors (Lipinski definition) is 0. The van der Waals surface area contributed by atoms with Crippen LogP contribution in [0, 0.1) is 6.92 Å². The molecule has 5 nitrogen and oxygen atoms in total. The summed E-state index contributed by atoms with van der Waals surface area (Å²) < 4.78 is 41.5. The number of fused-ring (bicyclic) bond motifs is 2. The quantitative estimate of drug-likeness (QED) is 0.591. The molecule has 0 atom stereocenters. The molecule has 3 aromatic rings. The van der Waals surface area contributed by atoms with E-state index < -0.39 is 11.9 Å². The van der Waals surface area contributed by atoms with E-state index in [-0.39, 0.29) is 17.5 Å². The Morgan fingerprint density at radius 1 is 1.17 bits per heavy atom. The standard InChI is InChI=1S/C21H21F3N4OS/c1-12-9-19-25-15(11-18(21(22,23)24)28(19)26-12)13-5-7-27(8-6-13)20(29)17-10-14-3-2-4-16(14)30-17/h9-11,13H,2-8H2,1H3. The first-order valence-electron chi connectivity index (χ1n) is 10.1. The molecule has 1 fully saturated rings. The van der Waals surface area contributed by atoms with E-state index >= 15 is 0 Å². The molecule has 4 heterocycles. The van der Waals surface area contributed by atoms with Crippen molar-refractivity contribution in [3.8, 4) is 0 Å². The second kappa shape index (κ2) is 7.08. The molecule has 0 radical (unpaired) electrons. The Hall–Kier alpha value is -2.42. The third kappa shape index (κ3) is 3.38. The molecule has 1 saturated heterocycles. The van der Waals surface area contributed by atoms with Crippen molar-refractivity contribution in [2.75, 3.05) is 13.1 Å². The summed E-state index contributed by atoms with van der Waals surface area (Å²) in [6.45, 7) is 2.70. The molecular weight excluding hydrogens is 413 g/mol. The lowest BCUT2D eigenvalue weighted by atomic mass is 9.92. The Balaban J connectivity index is 1.35. The van der Waals surface area contributed by atoms with Gasteiger partial charge in [-0.2, -0.15) is 18.3 Å². The van der Waals surface area contributed by atoms with Crippen LogP contribution in [0.25, 0.3) is 5.65 Å². The fraction of sp³-hybridized carbons (Fsp3) is 0.476. The zero-order valence-corrected chi connectivity index (χ0v) is 17.3. The van der Waals surface area contributed by atoms with Crippen molar-refractivity contribution in [3.63, 3.8) is 0 Å². The summed E-state index contributed by atoms with van der Waals surface area (Å²) in [5, 5.41) is 3.94. The summed E-state index contributed by atoms with van der Waals surface area (Å²) in [5.41, 5.74) is 1.63. The summed E-state index contributed by atoms with van der Waals surface area (Å²) in [6, 6.07) is 4.70. The molecule has 0 unspecified atom stereocenters. The van der Waals surface area contributed by atoms with Crippen LogP contribution in [0.4, 0.5) is 13.2 Å². The molecular formula is C21H21F3N4OS. The molecule has 9 heteroatoms. The molecule has 2 aliphatic rings. The van der Waals surface area contributed by atoms with Gasteiger partial charge in [0, 0.05) is 35.6 Å². The van der Waals surface area contributed by atoms with Crippen LogP contribution in [0.2, 0.25) is 0 Å². The highest BCUT2D eigenvalue weighted by molar-refractivity contribution is 7.14. The molecule has 1 amide bonds. The molecule has 0 bridgehead atoms. The molecule has 5 rings (SSSR count). The average molecular weight is 434 g/mol. The van der Waals surface area contributed by atoms with Crippen molar-refractivity contribution >= 4 is 22.9 Å². The Morgan fingerprint density at radius 2 is 1.93 bits per heavy atom. The van der Waals surface area contributed by atoms with Gasteiger partial charge in [0.05, 0.1) is 10.6 Å². The maximum Gasteiger partial charge on any atom is 0.433 e. The molecule has 3 aromatic heterocycles. The van der Waals surface area contributed by atoms with Gasteiger partial charge in [0.1, 0.15) is 5.69 Å². The first-order valence-corrected chi connectivity index (χ1v) is 11.0. The first-order chi connectivity index (χ1) is 14.3.